The Balaban J connectivity index is 1.71. The molecule has 0 fully saturated rings. The van der Waals surface area contributed by atoms with Crippen LogP contribution in [0.25, 0.3) is 11.1 Å². The van der Waals surface area contributed by atoms with E-state index in [4.69, 9.17) is 4.74 Å². The summed E-state index contributed by atoms with van der Waals surface area (Å²) in [5.41, 5.74) is 7.60. The molecule has 2 aliphatic heterocycles. The third kappa shape index (κ3) is 3.87. The Kier molecular flexibility index (Phi) is 5.05. The summed E-state index contributed by atoms with van der Waals surface area (Å²) in [4.78, 5) is 14.5. The fraction of sp³-hybridized carbons (Fsp3) is 0.458. The van der Waals surface area contributed by atoms with Gasteiger partial charge in [-0.15, -0.1) is 0 Å². The topological polar surface area (TPSA) is 41.6 Å². The Morgan fingerprint density at radius 2 is 1.79 bits per heavy atom. The molecule has 0 bridgehead atoms. The quantitative estimate of drug-likeness (QED) is 0.755. The van der Waals surface area contributed by atoms with E-state index in [1.54, 1.807) is 0 Å². The molecule has 4 heteroatoms. The summed E-state index contributed by atoms with van der Waals surface area (Å²) in [5.74, 6) is 0. The van der Waals surface area contributed by atoms with Crippen LogP contribution in [0.15, 0.2) is 36.4 Å². The van der Waals surface area contributed by atoms with Gasteiger partial charge in [-0.1, -0.05) is 36.4 Å². The number of benzene rings is 2. The molecular weight excluding hydrogens is 348 g/mol. The maximum Gasteiger partial charge on any atom is 0.410 e. The smallest absolute Gasteiger partial charge is 0.410 e. The van der Waals surface area contributed by atoms with Crippen molar-refractivity contribution in [2.45, 2.75) is 52.1 Å². The standard InChI is InChI=1S/C24H30N2O2/c1-24(2,3)28-23(27)26-14-11-18-16-19-10-7-13-25-22(19)21(20(18)12-15-26)17-8-5-4-6-9-17/h4-6,8-9,16,25H,7,10-15H2,1-3H3. The molecule has 4 nitrogen and oxygen atoms in total. The van der Waals surface area contributed by atoms with Crippen LogP contribution < -0.4 is 5.32 Å². The number of ether oxygens (including phenoxy) is 1. The highest BCUT2D eigenvalue weighted by atomic mass is 16.6. The van der Waals surface area contributed by atoms with E-state index in [-0.39, 0.29) is 6.09 Å². The van der Waals surface area contributed by atoms with Crippen molar-refractivity contribution in [1.82, 2.24) is 4.90 Å². The van der Waals surface area contributed by atoms with Crippen molar-refractivity contribution in [3.05, 3.63) is 53.1 Å². The highest BCUT2D eigenvalue weighted by Gasteiger charge is 2.27. The second-order valence-corrected chi connectivity index (χ2v) is 8.79. The SMILES string of the molecule is CC(C)(C)OC(=O)N1CCc2cc3c(c(-c4ccccc4)c2CC1)NCCC3. The van der Waals surface area contributed by atoms with Crippen molar-refractivity contribution in [1.29, 1.82) is 0 Å². The van der Waals surface area contributed by atoms with Gasteiger partial charge in [0.2, 0.25) is 0 Å². The minimum atomic E-state index is -0.464. The van der Waals surface area contributed by atoms with Gasteiger partial charge in [-0.05, 0) is 68.7 Å². The third-order valence-corrected chi connectivity index (χ3v) is 5.53. The number of carbonyl (C=O) groups excluding carboxylic acids is 1. The Bertz CT molecular complexity index is 868. The number of amides is 1. The van der Waals surface area contributed by atoms with Gasteiger partial charge in [0.05, 0.1) is 0 Å². The normalized spacial score (nSPS) is 16.5. The van der Waals surface area contributed by atoms with Crippen LogP contribution in [0.2, 0.25) is 0 Å². The first-order valence-electron chi connectivity index (χ1n) is 10.4. The molecule has 0 atom stereocenters. The molecule has 2 heterocycles. The van der Waals surface area contributed by atoms with E-state index in [0.29, 0.717) is 13.1 Å². The fourth-order valence-corrected chi connectivity index (χ4v) is 4.29. The number of fused-ring (bicyclic) bond motifs is 2. The number of hydrogen-bond donors (Lipinski definition) is 1. The molecule has 1 N–H and O–H groups in total. The predicted molar refractivity (Wildman–Crippen MR) is 114 cm³/mol. The molecule has 28 heavy (non-hydrogen) atoms. The molecule has 2 aromatic carbocycles. The highest BCUT2D eigenvalue weighted by molar-refractivity contribution is 5.85. The molecule has 148 valence electrons. The van der Waals surface area contributed by atoms with Gasteiger partial charge in [0.25, 0.3) is 0 Å². The molecule has 4 rings (SSSR count). The van der Waals surface area contributed by atoms with Crippen molar-refractivity contribution in [3.8, 4) is 11.1 Å². The van der Waals surface area contributed by atoms with E-state index < -0.39 is 5.60 Å². The van der Waals surface area contributed by atoms with Gasteiger partial charge < -0.3 is 15.0 Å². The second-order valence-electron chi connectivity index (χ2n) is 8.79. The van der Waals surface area contributed by atoms with Gasteiger partial charge in [-0.2, -0.15) is 0 Å². The Morgan fingerprint density at radius 1 is 1.04 bits per heavy atom. The summed E-state index contributed by atoms with van der Waals surface area (Å²) in [6.07, 6.45) is 3.81. The first-order chi connectivity index (χ1) is 13.4. The molecule has 0 aliphatic carbocycles. The number of carbonyl (C=O) groups is 1. The number of anilines is 1. The number of hydrogen-bond acceptors (Lipinski definition) is 3. The number of nitrogens with zero attached hydrogens (tertiary/aromatic N) is 1. The minimum absolute atomic E-state index is 0.204. The number of aryl methyl sites for hydroxylation is 1. The Morgan fingerprint density at radius 3 is 2.54 bits per heavy atom. The van der Waals surface area contributed by atoms with Gasteiger partial charge in [0.15, 0.2) is 0 Å². The zero-order chi connectivity index (χ0) is 19.7. The van der Waals surface area contributed by atoms with Gasteiger partial charge in [0.1, 0.15) is 5.60 Å². The zero-order valence-electron chi connectivity index (χ0n) is 17.2. The Labute approximate surface area is 167 Å². The van der Waals surface area contributed by atoms with Crippen LogP contribution in [0.1, 0.15) is 43.9 Å². The second kappa shape index (κ2) is 7.50. The average Bonchev–Trinajstić information content (AvgIpc) is 2.88. The molecular formula is C24H30N2O2. The molecule has 0 spiro atoms. The van der Waals surface area contributed by atoms with E-state index in [0.717, 1.165) is 25.8 Å². The van der Waals surface area contributed by atoms with Crippen LogP contribution in [0, 0.1) is 0 Å². The van der Waals surface area contributed by atoms with Crippen molar-refractivity contribution < 1.29 is 9.53 Å². The van der Waals surface area contributed by atoms with Crippen LogP contribution in [-0.2, 0) is 24.0 Å². The first-order valence-corrected chi connectivity index (χ1v) is 10.4. The molecule has 1 amide bonds. The monoisotopic (exact) mass is 378 g/mol. The fourth-order valence-electron chi connectivity index (χ4n) is 4.29. The van der Waals surface area contributed by atoms with Gasteiger partial charge in [0, 0.05) is 30.9 Å². The van der Waals surface area contributed by atoms with Crippen LogP contribution in [0.3, 0.4) is 0 Å². The van der Waals surface area contributed by atoms with Crippen LogP contribution in [0.4, 0.5) is 10.5 Å². The van der Waals surface area contributed by atoms with Gasteiger partial charge in [-0.25, -0.2) is 4.79 Å². The van der Waals surface area contributed by atoms with Crippen LogP contribution in [-0.4, -0.2) is 36.2 Å². The van der Waals surface area contributed by atoms with E-state index in [2.05, 4.69) is 41.7 Å². The first kappa shape index (κ1) is 18.9. The number of nitrogens with one attached hydrogen (secondary N) is 1. The number of rotatable bonds is 1. The summed E-state index contributed by atoms with van der Waals surface area (Å²) in [6.45, 7) is 8.19. The summed E-state index contributed by atoms with van der Waals surface area (Å²) in [5, 5.41) is 3.66. The van der Waals surface area contributed by atoms with E-state index in [1.807, 2.05) is 25.7 Å². The van der Waals surface area contributed by atoms with Crippen LogP contribution in [0.5, 0.6) is 0 Å². The lowest BCUT2D eigenvalue weighted by Gasteiger charge is -2.26. The van der Waals surface area contributed by atoms with Crippen molar-refractivity contribution in [2.75, 3.05) is 25.0 Å². The molecule has 2 aliphatic rings. The molecule has 0 saturated carbocycles. The lowest BCUT2D eigenvalue weighted by molar-refractivity contribution is 0.0258. The minimum Gasteiger partial charge on any atom is -0.444 e. The van der Waals surface area contributed by atoms with Crippen LogP contribution >= 0.6 is 0 Å². The molecule has 2 aromatic rings. The summed E-state index contributed by atoms with van der Waals surface area (Å²) < 4.78 is 5.62. The summed E-state index contributed by atoms with van der Waals surface area (Å²) >= 11 is 0. The van der Waals surface area contributed by atoms with Gasteiger partial charge in [-0.3, -0.25) is 0 Å². The lowest BCUT2D eigenvalue weighted by atomic mass is 9.86. The summed E-state index contributed by atoms with van der Waals surface area (Å²) in [7, 11) is 0. The largest absolute Gasteiger partial charge is 0.444 e. The van der Waals surface area contributed by atoms with Crippen molar-refractivity contribution >= 4 is 11.8 Å². The van der Waals surface area contributed by atoms with Crippen molar-refractivity contribution in [2.24, 2.45) is 0 Å². The molecule has 0 unspecified atom stereocenters. The maximum atomic E-state index is 12.6. The average molecular weight is 379 g/mol. The Hall–Kier alpha value is -2.49. The summed E-state index contributed by atoms with van der Waals surface area (Å²) in [6, 6.07) is 13.0. The highest BCUT2D eigenvalue weighted by Crippen LogP contribution is 2.40. The molecule has 0 saturated heterocycles. The predicted octanol–water partition coefficient (Wildman–Crippen LogP) is 5.05. The van der Waals surface area contributed by atoms with E-state index >= 15 is 0 Å². The molecule has 0 aromatic heterocycles. The van der Waals surface area contributed by atoms with Gasteiger partial charge >= 0.3 is 6.09 Å². The van der Waals surface area contributed by atoms with Crippen molar-refractivity contribution in [3.63, 3.8) is 0 Å². The molecule has 0 radical (unpaired) electrons. The lowest BCUT2D eigenvalue weighted by Crippen LogP contribution is -2.38. The third-order valence-electron chi connectivity index (χ3n) is 5.53. The van der Waals surface area contributed by atoms with E-state index in [9.17, 15) is 4.79 Å². The van der Waals surface area contributed by atoms with E-state index in [1.165, 1.54) is 39.9 Å². The maximum absolute atomic E-state index is 12.6. The zero-order valence-corrected chi connectivity index (χ0v) is 17.2.